The van der Waals surface area contributed by atoms with Crippen LogP contribution in [0.15, 0.2) is 23.6 Å². The van der Waals surface area contributed by atoms with Crippen molar-refractivity contribution in [3.05, 3.63) is 62.7 Å². The summed E-state index contributed by atoms with van der Waals surface area (Å²) in [6.07, 6.45) is -0.974. The lowest BCUT2D eigenvalue weighted by molar-refractivity contribution is -0.0307. The minimum atomic E-state index is -1.67. The van der Waals surface area contributed by atoms with E-state index in [1.165, 1.54) is 30.6 Å². The molecule has 2 aromatic carbocycles. The summed E-state index contributed by atoms with van der Waals surface area (Å²) in [5.74, 6) is -2.33. The third kappa shape index (κ3) is 4.11. The number of phenols is 2. The third-order valence-corrected chi connectivity index (χ3v) is 7.93. The Bertz CT molecular complexity index is 1450. The Morgan fingerprint density at radius 1 is 1.16 bits per heavy atom. The van der Waals surface area contributed by atoms with Gasteiger partial charge < -0.3 is 35.4 Å². The fraction of sp³-hybridized carbons (Fsp3) is 0.370. The number of aromatic hydroxyl groups is 2. The first kappa shape index (κ1) is 26.1. The summed E-state index contributed by atoms with van der Waals surface area (Å²) in [4.78, 5) is 33.5. The van der Waals surface area contributed by atoms with E-state index in [-0.39, 0.29) is 52.0 Å². The van der Waals surface area contributed by atoms with Crippen molar-refractivity contribution in [2.75, 3.05) is 39.6 Å². The number of fused-ring (bicyclic) bond motifs is 3. The molecule has 0 saturated heterocycles. The highest BCUT2D eigenvalue weighted by atomic mass is 32.1. The second-order valence-electron chi connectivity index (χ2n) is 9.93. The average molecular weight is 540 g/mol. The van der Waals surface area contributed by atoms with Gasteiger partial charge in [-0.1, -0.05) is 12.1 Å². The van der Waals surface area contributed by atoms with Crippen LogP contribution in [0, 0.1) is 0 Å². The molecule has 2 unspecified atom stereocenters. The number of ether oxygens (including phenoxy) is 1. The van der Waals surface area contributed by atoms with Gasteiger partial charge in [-0.25, -0.2) is 4.98 Å². The second kappa shape index (κ2) is 9.66. The summed E-state index contributed by atoms with van der Waals surface area (Å²) in [6, 6.07) is 4.53. The molecule has 200 valence electrons. The van der Waals surface area contributed by atoms with Gasteiger partial charge in [0.25, 0.3) is 0 Å². The van der Waals surface area contributed by atoms with Crippen molar-refractivity contribution < 1.29 is 34.8 Å². The lowest BCUT2D eigenvalue weighted by Crippen LogP contribution is -2.36. The highest BCUT2D eigenvalue weighted by Crippen LogP contribution is 2.52. The number of hydrogen-bond donors (Lipinski definition) is 5. The maximum absolute atomic E-state index is 13.4. The molecule has 0 spiro atoms. The fourth-order valence-electron chi connectivity index (χ4n) is 5.30. The third-order valence-electron chi connectivity index (χ3n) is 7.13. The van der Waals surface area contributed by atoms with Gasteiger partial charge in [0.2, 0.25) is 5.78 Å². The molecule has 2 atom stereocenters. The normalized spacial score (nSPS) is 20.2. The molecule has 0 fully saturated rings. The number of aliphatic hydroxyl groups excluding tert-OH is 1. The van der Waals surface area contributed by atoms with Crippen LogP contribution in [-0.4, -0.2) is 76.2 Å². The molecule has 0 bridgehead atoms. The van der Waals surface area contributed by atoms with E-state index in [0.29, 0.717) is 17.4 Å². The van der Waals surface area contributed by atoms with E-state index >= 15 is 0 Å². The molecule has 0 radical (unpaired) electrons. The Balaban J connectivity index is 1.53. The summed E-state index contributed by atoms with van der Waals surface area (Å²) in [6.45, 7) is 1.60. The van der Waals surface area contributed by atoms with Gasteiger partial charge in [-0.3, -0.25) is 9.59 Å². The summed E-state index contributed by atoms with van der Waals surface area (Å²) in [5, 5.41) is 50.6. The van der Waals surface area contributed by atoms with Gasteiger partial charge in [0.05, 0.1) is 35.6 Å². The molecule has 0 saturated carbocycles. The number of phenolic OH excluding ortho intramolecular Hbond substituents is 2. The number of carbonyl (C=O) groups excluding carboxylic acids is 2. The quantitative estimate of drug-likeness (QED) is 0.175. The van der Waals surface area contributed by atoms with Crippen LogP contribution < -0.4 is 10.1 Å². The number of methoxy groups -OCH3 is 1. The summed E-state index contributed by atoms with van der Waals surface area (Å²) >= 11 is 1.31. The van der Waals surface area contributed by atoms with Crippen LogP contribution in [0.3, 0.4) is 0 Å². The van der Waals surface area contributed by atoms with E-state index < -0.39 is 34.8 Å². The highest BCUT2D eigenvalue weighted by Gasteiger charge is 2.47. The standard InChI is InChI=1S/C27H29N3O7S/c1-30(2)9-5-8-28-26-29-17(12-38-26)27(36)10-14-18(15(31)11-27)24(34)21-20(23(14)33)22(32)13-6-4-7-16(37-3)19(13)25(21)35/h4,6-7,12,15,31,33-34,36H,5,8-11H2,1-3H3,(H,28,29). The van der Waals surface area contributed by atoms with Crippen molar-refractivity contribution in [1.82, 2.24) is 9.88 Å². The molecular formula is C27H29N3O7S. The number of aliphatic hydroxyl groups is 2. The molecule has 0 aliphatic heterocycles. The van der Waals surface area contributed by atoms with Crippen LogP contribution in [0.1, 0.15) is 67.6 Å². The smallest absolute Gasteiger partial charge is 0.202 e. The number of hydrogen-bond acceptors (Lipinski definition) is 11. The van der Waals surface area contributed by atoms with Crippen molar-refractivity contribution in [3.63, 3.8) is 0 Å². The number of thiazole rings is 1. The molecule has 3 aromatic rings. The minimum absolute atomic E-state index is 0.00323. The molecule has 10 nitrogen and oxygen atoms in total. The number of rotatable bonds is 7. The van der Waals surface area contributed by atoms with Gasteiger partial charge in [-0.2, -0.15) is 0 Å². The molecule has 2 aliphatic carbocycles. The number of aromatic nitrogens is 1. The second-order valence-corrected chi connectivity index (χ2v) is 10.8. The van der Waals surface area contributed by atoms with Gasteiger partial charge in [0, 0.05) is 41.5 Å². The molecule has 5 N–H and O–H groups in total. The lowest BCUT2D eigenvalue weighted by atomic mass is 9.72. The van der Waals surface area contributed by atoms with Crippen molar-refractivity contribution in [2.45, 2.75) is 31.0 Å². The van der Waals surface area contributed by atoms with E-state index in [4.69, 9.17) is 4.74 Å². The Hall–Kier alpha value is -3.51. The number of carbonyl (C=O) groups is 2. The van der Waals surface area contributed by atoms with Gasteiger partial charge in [0.15, 0.2) is 10.9 Å². The molecule has 1 heterocycles. The predicted molar refractivity (Wildman–Crippen MR) is 141 cm³/mol. The maximum Gasteiger partial charge on any atom is 0.202 e. The van der Waals surface area contributed by atoms with Gasteiger partial charge in [-0.05, 0) is 33.1 Å². The first-order valence-electron chi connectivity index (χ1n) is 12.2. The molecular weight excluding hydrogens is 510 g/mol. The zero-order chi connectivity index (χ0) is 27.4. The number of anilines is 1. The molecule has 1 aromatic heterocycles. The van der Waals surface area contributed by atoms with E-state index in [2.05, 4.69) is 15.2 Å². The van der Waals surface area contributed by atoms with Crippen molar-refractivity contribution in [1.29, 1.82) is 0 Å². The number of nitrogens with zero attached hydrogens (tertiary/aromatic N) is 2. The Morgan fingerprint density at radius 3 is 2.61 bits per heavy atom. The first-order chi connectivity index (χ1) is 18.1. The van der Waals surface area contributed by atoms with Crippen molar-refractivity contribution in [2.24, 2.45) is 0 Å². The Morgan fingerprint density at radius 2 is 1.89 bits per heavy atom. The van der Waals surface area contributed by atoms with E-state index in [0.717, 1.165) is 13.0 Å². The van der Waals surface area contributed by atoms with Gasteiger partial charge in [0.1, 0.15) is 22.8 Å². The minimum Gasteiger partial charge on any atom is -0.507 e. The topological polar surface area (TPSA) is 152 Å². The molecule has 0 amide bonds. The SMILES string of the molecule is COc1cccc2c1C(=O)c1c(O)c3c(c(O)c1C2=O)CC(O)(c1csc(NCCCN(C)C)n1)CC3O. The highest BCUT2D eigenvalue weighted by molar-refractivity contribution is 7.13. The van der Waals surface area contributed by atoms with Crippen LogP contribution in [-0.2, 0) is 12.0 Å². The molecule has 38 heavy (non-hydrogen) atoms. The fourth-order valence-corrected chi connectivity index (χ4v) is 6.13. The van der Waals surface area contributed by atoms with Gasteiger partial charge >= 0.3 is 0 Å². The predicted octanol–water partition coefficient (Wildman–Crippen LogP) is 2.57. The number of nitrogens with one attached hydrogen (secondary N) is 1. The summed E-state index contributed by atoms with van der Waals surface area (Å²) in [5.41, 5.74) is -2.17. The zero-order valence-electron chi connectivity index (χ0n) is 21.2. The number of benzene rings is 2. The Kier molecular flexibility index (Phi) is 6.64. The number of ketones is 2. The summed E-state index contributed by atoms with van der Waals surface area (Å²) < 4.78 is 5.26. The lowest BCUT2D eigenvalue weighted by Gasteiger charge is -2.37. The van der Waals surface area contributed by atoms with E-state index in [1.807, 2.05) is 14.1 Å². The van der Waals surface area contributed by atoms with E-state index in [9.17, 15) is 30.0 Å². The molecule has 11 heteroatoms. The van der Waals surface area contributed by atoms with Gasteiger partial charge in [-0.15, -0.1) is 11.3 Å². The zero-order valence-corrected chi connectivity index (χ0v) is 22.1. The van der Waals surface area contributed by atoms with Crippen molar-refractivity contribution in [3.8, 4) is 17.2 Å². The molecule has 5 rings (SSSR count). The van der Waals surface area contributed by atoms with Crippen LogP contribution in [0.4, 0.5) is 5.13 Å². The van der Waals surface area contributed by atoms with Crippen LogP contribution in [0.2, 0.25) is 0 Å². The van der Waals surface area contributed by atoms with Crippen LogP contribution in [0.25, 0.3) is 0 Å². The Labute approximate surface area is 223 Å². The monoisotopic (exact) mass is 539 g/mol. The van der Waals surface area contributed by atoms with Crippen LogP contribution >= 0.6 is 11.3 Å². The molecule has 2 aliphatic rings. The maximum atomic E-state index is 13.4. The largest absolute Gasteiger partial charge is 0.507 e. The summed E-state index contributed by atoms with van der Waals surface area (Å²) in [7, 11) is 5.35. The van der Waals surface area contributed by atoms with Crippen LogP contribution in [0.5, 0.6) is 17.2 Å². The van der Waals surface area contributed by atoms with Crippen molar-refractivity contribution >= 4 is 28.0 Å². The van der Waals surface area contributed by atoms with E-state index in [1.54, 1.807) is 11.4 Å². The average Bonchev–Trinajstić information content (AvgIpc) is 3.36. The first-order valence-corrected chi connectivity index (χ1v) is 13.1.